The van der Waals surface area contributed by atoms with Crippen molar-refractivity contribution in [3.05, 3.63) is 76.3 Å². The highest BCUT2D eigenvalue weighted by Gasteiger charge is 2.18. The molecule has 1 amide bonds. The van der Waals surface area contributed by atoms with Gasteiger partial charge >= 0.3 is 0 Å². The molecule has 0 bridgehead atoms. The van der Waals surface area contributed by atoms with E-state index < -0.39 is 0 Å². The van der Waals surface area contributed by atoms with Crippen LogP contribution in [0.3, 0.4) is 0 Å². The van der Waals surface area contributed by atoms with E-state index in [1.165, 1.54) is 28.0 Å². The second-order valence-electron chi connectivity index (χ2n) is 6.42. The standard InChI is InChI=1S/C22H24N2OS2/c1-4-18-9-11-21(12-10-18)24(17(3)25)22-23-20(15-27-22)14-26-13-19-8-6-5-7-16(19)2/h5-12,15H,4,13-14H2,1-3H3. The average molecular weight is 397 g/mol. The van der Waals surface area contributed by atoms with Crippen molar-refractivity contribution >= 4 is 39.8 Å². The van der Waals surface area contributed by atoms with E-state index in [0.29, 0.717) is 0 Å². The summed E-state index contributed by atoms with van der Waals surface area (Å²) < 4.78 is 0. The molecule has 0 aliphatic heterocycles. The molecule has 2 aromatic carbocycles. The third kappa shape index (κ3) is 4.99. The fourth-order valence-corrected chi connectivity index (χ4v) is 4.81. The number of rotatable bonds is 7. The number of benzene rings is 2. The van der Waals surface area contributed by atoms with Crippen LogP contribution in [0.25, 0.3) is 0 Å². The van der Waals surface area contributed by atoms with E-state index in [9.17, 15) is 4.79 Å². The fourth-order valence-electron chi connectivity index (χ4n) is 2.81. The zero-order valence-electron chi connectivity index (χ0n) is 15.9. The van der Waals surface area contributed by atoms with Crippen LogP contribution in [0, 0.1) is 6.92 Å². The second kappa shape index (κ2) is 9.20. The molecule has 0 saturated carbocycles. The maximum atomic E-state index is 12.2. The predicted octanol–water partition coefficient (Wildman–Crippen LogP) is 6.13. The van der Waals surface area contributed by atoms with E-state index >= 15 is 0 Å². The Morgan fingerprint density at radius 1 is 1.11 bits per heavy atom. The molecule has 3 rings (SSSR count). The molecule has 0 aliphatic carbocycles. The van der Waals surface area contributed by atoms with Gasteiger partial charge < -0.3 is 0 Å². The summed E-state index contributed by atoms with van der Waals surface area (Å²) >= 11 is 3.37. The summed E-state index contributed by atoms with van der Waals surface area (Å²) in [5.41, 5.74) is 5.83. The maximum Gasteiger partial charge on any atom is 0.230 e. The predicted molar refractivity (Wildman–Crippen MR) is 117 cm³/mol. The van der Waals surface area contributed by atoms with Gasteiger partial charge in [0.05, 0.1) is 11.4 Å². The SMILES string of the molecule is CCc1ccc(N(C(C)=O)c2nc(CSCc3ccccc3C)cs2)cc1. The van der Waals surface area contributed by atoms with Gasteiger partial charge in [-0.05, 0) is 42.2 Å². The van der Waals surface area contributed by atoms with Crippen LogP contribution in [-0.2, 0) is 22.7 Å². The summed E-state index contributed by atoms with van der Waals surface area (Å²) in [5, 5.41) is 2.79. The van der Waals surface area contributed by atoms with Crippen molar-refractivity contribution in [3.63, 3.8) is 0 Å². The van der Waals surface area contributed by atoms with Crippen LogP contribution in [0.2, 0.25) is 0 Å². The van der Waals surface area contributed by atoms with E-state index in [0.717, 1.165) is 34.4 Å². The van der Waals surface area contributed by atoms with Gasteiger partial charge in [-0.25, -0.2) is 4.98 Å². The van der Waals surface area contributed by atoms with Crippen molar-refractivity contribution in [1.29, 1.82) is 0 Å². The van der Waals surface area contributed by atoms with Gasteiger partial charge in [-0.2, -0.15) is 11.8 Å². The highest BCUT2D eigenvalue weighted by atomic mass is 32.2. The third-order valence-electron chi connectivity index (χ3n) is 4.42. The van der Waals surface area contributed by atoms with E-state index in [2.05, 4.69) is 55.6 Å². The third-order valence-corrected chi connectivity index (χ3v) is 6.31. The molecule has 0 radical (unpaired) electrons. The first kappa shape index (κ1) is 19.6. The molecular formula is C22H24N2OS2. The highest BCUT2D eigenvalue weighted by Crippen LogP contribution is 2.30. The Bertz CT molecular complexity index is 903. The van der Waals surface area contributed by atoms with Crippen LogP contribution >= 0.6 is 23.1 Å². The lowest BCUT2D eigenvalue weighted by Crippen LogP contribution is -2.22. The Labute approximate surface area is 169 Å². The number of carbonyl (C=O) groups is 1. The zero-order valence-corrected chi connectivity index (χ0v) is 17.6. The van der Waals surface area contributed by atoms with E-state index in [-0.39, 0.29) is 5.91 Å². The molecule has 1 aromatic heterocycles. The molecule has 0 aliphatic rings. The lowest BCUT2D eigenvalue weighted by molar-refractivity contribution is -0.115. The summed E-state index contributed by atoms with van der Waals surface area (Å²) in [6.07, 6.45) is 0.986. The van der Waals surface area contributed by atoms with Crippen LogP contribution in [0.4, 0.5) is 10.8 Å². The van der Waals surface area contributed by atoms with Crippen LogP contribution in [0.15, 0.2) is 53.9 Å². The van der Waals surface area contributed by atoms with Gasteiger partial charge in [-0.1, -0.05) is 43.3 Å². The zero-order chi connectivity index (χ0) is 19.2. The van der Waals surface area contributed by atoms with Crippen molar-refractivity contribution in [2.75, 3.05) is 4.90 Å². The molecule has 0 saturated heterocycles. The van der Waals surface area contributed by atoms with Gasteiger partial charge in [0.1, 0.15) is 0 Å². The lowest BCUT2D eigenvalue weighted by Gasteiger charge is -2.18. The molecular weight excluding hydrogens is 372 g/mol. The Hall–Kier alpha value is -2.11. The molecule has 0 fully saturated rings. The number of nitrogens with zero attached hydrogens (tertiary/aromatic N) is 2. The van der Waals surface area contributed by atoms with Crippen LogP contribution < -0.4 is 4.90 Å². The monoisotopic (exact) mass is 396 g/mol. The molecule has 27 heavy (non-hydrogen) atoms. The number of hydrogen-bond donors (Lipinski definition) is 0. The molecule has 0 atom stereocenters. The number of carbonyl (C=O) groups excluding carboxylic acids is 1. The number of aryl methyl sites for hydroxylation is 2. The number of aromatic nitrogens is 1. The van der Waals surface area contributed by atoms with Crippen molar-refractivity contribution < 1.29 is 4.79 Å². The molecule has 0 spiro atoms. The number of thioether (sulfide) groups is 1. The molecule has 3 nitrogen and oxygen atoms in total. The number of anilines is 2. The summed E-state index contributed by atoms with van der Waals surface area (Å²) in [6.45, 7) is 5.85. The van der Waals surface area contributed by atoms with Gasteiger partial charge in [0, 0.05) is 23.8 Å². The Balaban J connectivity index is 1.68. The van der Waals surface area contributed by atoms with Crippen molar-refractivity contribution in [2.45, 2.75) is 38.7 Å². The molecule has 5 heteroatoms. The molecule has 1 heterocycles. The second-order valence-corrected chi connectivity index (χ2v) is 8.24. The maximum absolute atomic E-state index is 12.2. The minimum absolute atomic E-state index is 0.0206. The van der Waals surface area contributed by atoms with Crippen LogP contribution in [0.5, 0.6) is 0 Å². The van der Waals surface area contributed by atoms with Crippen molar-refractivity contribution in [2.24, 2.45) is 0 Å². The Morgan fingerprint density at radius 3 is 2.52 bits per heavy atom. The smallest absolute Gasteiger partial charge is 0.230 e. The minimum Gasteiger partial charge on any atom is -0.274 e. The summed E-state index contributed by atoms with van der Waals surface area (Å²) in [6, 6.07) is 16.6. The first-order chi connectivity index (χ1) is 13.1. The van der Waals surface area contributed by atoms with Crippen LogP contribution in [-0.4, -0.2) is 10.9 Å². The topological polar surface area (TPSA) is 33.2 Å². The number of hydrogen-bond acceptors (Lipinski definition) is 4. The minimum atomic E-state index is -0.0206. The van der Waals surface area contributed by atoms with Gasteiger partial charge in [-0.3, -0.25) is 9.69 Å². The van der Waals surface area contributed by atoms with Gasteiger partial charge in [0.2, 0.25) is 5.91 Å². The van der Waals surface area contributed by atoms with E-state index in [1.54, 1.807) is 11.8 Å². The van der Waals surface area contributed by atoms with Crippen molar-refractivity contribution in [1.82, 2.24) is 4.98 Å². The first-order valence-electron chi connectivity index (χ1n) is 9.04. The quantitative estimate of drug-likeness (QED) is 0.481. The Kier molecular flexibility index (Phi) is 6.69. The van der Waals surface area contributed by atoms with E-state index in [4.69, 9.17) is 4.98 Å². The van der Waals surface area contributed by atoms with Gasteiger partial charge in [0.15, 0.2) is 5.13 Å². The van der Waals surface area contributed by atoms with E-state index in [1.807, 2.05) is 23.9 Å². The average Bonchev–Trinajstić information content (AvgIpc) is 3.12. The molecule has 3 aromatic rings. The first-order valence-corrected chi connectivity index (χ1v) is 11.1. The largest absolute Gasteiger partial charge is 0.274 e. The molecule has 140 valence electrons. The number of amides is 1. The highest BCUT2D eigenvalue weighted by molar-refractivity contribution is 7.97. The molecule has 0 unspecified atom stereocenters. The summed E-state index contributed by atoms with van der Waals surface area (Å²) in [5.74, 6) is 1.78. The Morgan fingerprint density at radius 2 is 1.85 bits per heavy atom. The summed E-state index contributed by atoms with van der Waals surface area (Å²) in [7, 11) is 0. The van der Waals surface area contributed by atoms with Gasteiger partial charge in [-0.15, -0.1) is 11.3 Å². The van der Waals surface area contributed by atoms with Gasteiger partial charge in [0.25, 0.3) is 0 Å². The van der Waals surface area contributed by atoms with Crippen LogP contribution in [0.1, 0.15) is 36.2 Å². The molecule has 0 N–H and O–H groups in total. The normalized spacial score (nSPS) is 10.8. The summed E-state index contributed by atoms with van der Waals surface area (Å²) in [4.78, 5) is 18.6. The number of thiazole rings is 1. The lowest BCUT2D eigenvalue weighted by atomic mass is 10.1. The fraction of sp³-hybridized carbons (Fsp3) is 0.273. The van der Waals surface area contributed by atoms with Crippen molar-refractivity contribution in [3.8, 4) is 0 Å².